The number of aliphatic hydroxyl groups is 1. The van der Waals surface area contributed by atoms with Gasteiger partial charge in [-0.3, -0.25) is 4.79 Å². The van der Waals surface area contributed by atoms with E-state index in [0.29, 0.717) is 0 Å². The minimum Gasteiger partial charge on any atom is -0.479 e. The number of carbonyl (C=O) groups is 2. The first-order valence-corrected chi connectivity index (χ1v) is 6.11. The molecule has 5 nitrogen and oxygen atoms in total. The van der Waals surface area contributed by atoms with E-state index in [1.165, 1.54) is 13.0 Å². The van der Waals surface area contributed by atoms with Gasteiger partial charge in [-0.15, -0.1) is 0 Å². The molecule has 0 heterocycles. The maximum Gasteiger partial charge on any atom is 0.334 e. The smallest absolute Gasteiger partial charge is 0.334 e. The van der Waals surface area contributed by atoms with Gasteiger partial charge in [0.15, 0.2) is 5.78 Å². The van der Waals surface area contributed by atoms with Crippen molar-refractivity contribution in [3.05, 3.63) is 48.0 Å². The van der Waals surface area contributed by atoms with Crippen molar-refractivity contribution in [2.24, 2.45) is 5.73 Å². The highest BCUT2D eigenvalue weighted by Crippen LogP contribution is 2.21. The Morgan fingerprint density at radius 3 is 2.30 bits per heavy atom. The molecule has 0 radical (unpaired) electrons. The van der Waals surface area contributed by atoms with E-state index in [4.69, 9.17) is 10.8 Å². The second-order valence-corrected chi connectivity index (χ2v) is 4.74. The standard InChI is InChI=1S/C15H15NO4/c1-9(17)15(16,14(19)20)13(18)12-7-6-10-4-2-3-5-11(10)8-12/h2-9,17H,16H2,1H3,(H,19,20). The number of carboxylic acid groups (broad SMARTS) is 1. The molecule has 0 aliphatic heterocycles. The maximum atomic E-state index is 12.3. The van der Waals surface area contributed by atoms with Crippen molar-refractivity contribution < 1.29 is 19.8 Å². The van der Waals surface area contributed by atoms with Gasteiger partial charge in [0.25, 0.3) is 0 Å². The van der Waals surface area contributed by atoms with Gasteiger partial charge in [-0.1, -0.05) is 36.4 Å². The Labute approximate surface area is 115 Å². The predicted octanol–water partition coefficient (Wildman–Crippen LogP) is 1.19. The highest BCUT2D eigenvalue weighted by molar-refractivity contribution is 6.17. The fourth-order valence-electron chi connectivity index (χ4n) is 2.03. The van der Waals surface area contributed by atoms with Crippen LogP contribution in [-0.2, 0) is 4.79 Å². The van der Waals surface area contributed by atoms with Crippen molar-refractivity contribution in [3.8, 4) is 0 Å². The number of hydrogen-bond acceptors (Lipinski definition) is 4. The third-order valence-electron chi connectivity index (χ3n) is 3.40. The highest BCUT2D eigenvalue weighted by atomic mass is 16.4. The van der Waals surface area contributed by atoms with Crippen LogP contribution in [0.1, 0.15) is 17.3 Å². The Kier molecular flexibility index (Phi) is 3.57. The lowest BCUT2D eigenvalue weighted by Gasteiger charge is -2.26. The van der Waals surface area contributed by atoms with Gasteiger partial charge >= 0.3 is 5.97 Å². The third-order valence-corrected chi connectivity index (χ3v) is 3.40. The Morgan fingerprint density at radius 2 is 1.75 bits per heavy atom. The molecule has 104 valence electrons. The van der Waals surface area contributed by atoms with Crippen molar-refractivity contribution in [3.63, 3.8) is 0 Å². The zero-order chi connectivity index (χ0) is 14.9. The van der Waals surface area contributed by atoms with Crippen LogP contribution >= 0.6 is 0 Å². The molecule has 0 aliphatic carbocycles. The molecule has 2 atom stereocenters. The summed E-state index contributed by atoms with van der Waals surface area (Å²) < 4.78 is 0. The number of carbonyl (C=O) groups excluding carboxylic acids is 1. The number of carboxylic acids is 1. The van der Waals surface area contributed by atoms with Crippen LogP contribution < -0.4 is 5.73 Å². The van der Waals surface area contributed by atoms with Gasteiger partial charge in [0.1, 0.15) is 0 Å². The number of benzene rings is 2. The lowest BCUT2D eigenvalue weighted by atomic mass is 9.85. The summed E-state index contributed by atoms with van der Waals surface area (Å²) in [5, 5.41) is 20.4. The van der Waals surface area contributed by atoms with Crippen LogP contribution in [0.2, 0.25) is 0 Å². The number of rotatable bonds is 4. The number of nitrogens with two attached hydrogens (primary N) is 1. The summed E-state index contributed by atoms with van der Waals surface area (Å²) in [4.78, 5) is 23.6. The average molecular weight is 273 g/mol. The quantitative estimate of drug-likeness (QED) is 0.573. The summed E-state index contributed by atoms with van der Waals surface area (Å²) >= 11 is 0. The highest BCUT2D eigenvalue weighted by Gasteiger charge is 2.47. The fraction of sp³-hybridized carbons (Fsp3) is 0.200. The zero-order valence-electron chi connectivity index (χ0n) is 10.9. The van der Waals surface area contributed by atoms with Crippen molar-refractivity contribution in [1.29, 1.82) is 0 Å². The summed E-state index contributed by atoms with van der Waals surface area (Å²) in [6.07, 6.45) is -1.50. The first-order chi connectivity index (χ1) is 9.37. The van der Waals surface area contributed by atoms with E-state index in [0.717, 1.165) is 10.8 Å². The molecular weight excluding hydrogens is 258 g/mol. The summed E-state index contributed by atoms with van der Waals surface area (Å²) in [6.45, 7) is 1.19. The number of fused-ring (bicyclic) bond motifs is 1. The van der Waals surface area contributed by atoms with Gasteiger partial charge in [-0.2, -0.15) is 0 Å². The molecule has 2 rings (SSSR count). The largest absolute Gasteiger partial charge is 0.479 e. The van der Waals surface area contributed by atoms with Gasteiger partial charge in [0.2, 0.25) is 5.54 Å². The number of aliphatic hydroxyl groups excluding tert-OH is 1. The van der Waals surface area contributed by atoms with Gasteiger partial charge in [0, 0.05) is 5.56 Å². The van der Waals surface area contributed by atoms with Crippen molar-refractivity contribution >= 4 is 22.5 Å². The Balaban J connectivity index is 2.52. The van der Waals surface area contributed by atoms with Gasteiger partial charge in [-0.25, -0.2) is 4.79 Å². The van der Waals surface area contributed by atoms with Crippen molar-refractivity contribution in [2.75, 3.05) is 0 Å². The number of Topliss-reactive ketones (excluding diaryl/α,β-unsaturated/α-hetero) is 1. The predicted molar refractivity (Wildman–Crippen MR) is 74.5 cm³/mol. The molecule has 20 heavy (non-hydrogen) atoms. The molecule has 0 amide bonds. The van der Waals surface area contributed by atoms with Crippen LogP contribution in [0.15, 0.2) is 42.5 Å². The molecular formula is C15H15NO4. The van der Waals surface area contributed by atoms with Crippen LogP contribution in [0.3, 0.4) is 0 Å². The Bertz CT molecular complexity index is 680. The summed E-state index contributed by atoms with van der Waals surface area (Å²) in [6, 6.07) is 12.2. The van der Waals surface area contributed by atoms with Crippen LogP contribution in [-0.4, -0.2) is 33.6 Å². The number of ketones is 1. The molecule has 0 bridgehead atoms. The molecule has 5 heteroatoms. The lowest BCUT2D eigenvalue weighted by Crippen LogP contribution is -2.62. The summed E-state index contributed by atoms with van der Waals surface area (Å²) in [5.41, 5.74) is 3.42. The van der Waals surface area contributed by atoms with E-state index >= 15 is 0 Å². The first-order valence-electron chi connectivity index (χ1n) is 6.11. The molecule has 2 aromatic rings. The second-order valence-electron chi connectivity index (χ2n) is 4.74. The zero-order valence-corrected chi connectivity index (χ0v) is 10.9. The average Bonchev–Trinajstić information content (AvgIpc) is 2.44. The topological polar surface area (TPSA) is 101 Å². The van der Waals surface area contributed by atoms with Crippen molar-refractivity contribution in [2.45, 2.75) is 18.6 Å². The molecule has 2 aromatic carbocycles. The van der Waals surface area contributed by atoms with Crippen LogP contribution in [0, 0.1) is 0 Å². The molecule has 4 N–H and O–H groups in total. The Hall–Kier alpha value is -2.24. The Morgan fingerprint density at radius 1 is 1.15 bits per heavy atom. The fourth-order valence-corrected chi connectivity index (χ4v) is 2.03. The van der Waals surface area contributed by atoms with E-state index in [9.17, 15) is 14.7 Å². The van der Waals surface area contributed by atoms with E-state index in [2.05, 4.69) is 0 Å². The summed E-state index contributed by atoms with van der Waals surface area (Å²) in [5.74, 6) is -2.36. The molecule has 0 aliphatic rings. The summed E-state index contributed by atoms with van der Waals surface area (Å²) in [7, 11) is 0. The van der Waals surface area contributed by atoms with E-state index in [-0.39, 0.29) is 5.56 Å². The monoisotopic (exact) mass is 273 g/mol. The van der Waals surface area contributed by atoms with E-state index < -0.39 is 23.4 Å². The molecule has 0 saturated heterocycles. The molecule has 0 aromatic heterocycles. The minimum absolute atomic E-state index is 0.162. The van der Waals surface area contributed by atoms with Gasteiger partial charge < -0.3 is 15.9 Å². The van der Waals surface area contributed by atoms with E-state index in [1.807, 2.05) is 24.3 Å². The van der Waals surface area contributed by atoms with Crippen LogP contribution in [0.4, 0.5) is 0 Å². The molecule has 0 spiro atoms. The van der Waals surface area contributed by atoms with E-state index in [1.54, 1.807) is 12.1 Å². The molecule has 0 saturated carbocycles. The van der Waals surface area contributed by atoms with Crippen LogP contribution in [0.5, 0.6) is 0 Å². The number of aliphatic carboxylic acids is 1. The molecule has 2 unspecified atom stereocenters. The molecule has 0 fully saturated rings. The maximum absolute atomic E-state index is 12.3. The minimum atomic E-state index is -2.34. The van der Waals surface area contributed by atoms with Gasteiger partial charge in [0.05, 0.1) is 6.10 Å². The third kappa shape index (κ3) is 2.17. The van der Waals surface area contributed by atoms with Crippen LogP contribution in [0.25, 0.3) is 10.8 Å². The normalized spacial score (nSPS) is 15.6. The number of hydrogen-bond donors (Lipinski definition) is 3. The van der Waals surface area contributed by atoms with Crippen molar-refractivity contribution in [1.82, 2.24) is 0 Å². The first kappa shape index (κ1) is 14.2. The lowest BCUT2D eigenvalue weighted by molar-refractivity contribution is -0.144. The van der Waals surface area contributed by atoms with Gasteiger partial charge in [-0.05, 0) is 23.8 Å². The SMILES string of the molecule is CC(O)C(N)(C(=O)O)C(=O)c1ccc2ccccc2c1. The second kappa shape index (κ2) is 5.03.